The summed E-state index contributed by atoms with van der Waals surface area (Å²) in [4.78, 5) is 4.08. The van der Waals surface area contributed by atoms with Gasteiger partial charge in [-0.25, -0.2) is 4.52 Å². The average molecular weight is 253 g/mol. The molecule has 4 heteroatoms. The number of benzene rings is 1. The Hall–Kier alpha value is -2.20. The van der Waals surface area contributed by atoms with Crippen LogP contribution in [0.5, 0.6) is 0 Å². The topological polar surface area (TPSA) is 50.4 Å². The minimum absolute atomic E-state index is 0.567. The molecule has 96 valence electrons. The molecule has 0 aliphatic rings. The van der Waals surface area contributed by atoms with Crippen molar-refractivity contribution >= 4 is 5.52 Å². The third-order valence-electron chi connectivity index (χ3n) is 3.39. The lowest BCUT2D eigenvalue weighted by atomic mass is 9.99. The molecule has 0 radical (unpaired) electrons. The molecule has 1 N–H and O–H groups in total. The summed E-state index contributed by atoms with van der Waals surface area (Å²) in [6.45, 7) is 2.06. The van der Waals surface area contributed by atoms with Crippen molar-refractivity contribution in [2.45, 2.75) is 19.4 Å². The molecule has 1 atom stereocenters. The van der Waals surface area contributed by atoms with E-state index in [4.69, 9.17) is 0 Å². The van der Waals surface area contributed by atoms with Crippen LogP contribution in [0, 0.1) is 6.92 Å². The number of aliphatic hydroxyl groups excluding tert-OH is 1. The van der Waals surface area contributed by atoms with Crippen LogP contribution in [0.25, 0.3) is 5.52 Å². The van der Waals surface area contributed by atoms with Gasteiger partial charge in [0.2, 0.25) is 0 Å². The molecule has 2 aromatic heterocycles. The number of hydrogen-bond acceptors (Lipinski definition) is 3. The summed E-state index contributed by atoms with van der Waals surface area (Å²) in [5, 5.41) is 14.6. The summed E-state index contributed by atoms with van der Waals surface area (Å²) in [6.07, 6.45) is 6.91. The molecule has 0 aliphatic heterocycles. The van der Waals surface area contributed by atoms with Crippen LogP contribution in [0.4, 0.5) is 0 Å². The van der Waals surface area contributed by atoms with Crippen LogP contribution in [-0.4, -0.2) is 19.7 Å². The van der Waals surface area contributed by atoms with Crippen molar-refractivity contribution in [3.63, 3.8) is 0 Å². The van der Waals surface area contributed by atoms with Crippen LogP contribution < -0.4 is 0 Å². The van der Waals surface area contributed by atoms with E-state index in [2.05, 4.69) is 23.1 Å². The summed E-state index contributed by atoms with van der Waals surface area (Å²) in [5.74, 6) is 0. The maximum absolute atomic E-state index is 10.4. The molecule has 4 nitrogen and oxygen atoms in total. The van der Waals surface area contributed by atoms with Crippen molar-refractivity contribution in [3.05, 3.63) is 65.7 Å². The summed E-state index contributed by atoms with van der Waals surface area (Å²) < 4.78 is 1.73. The first kappa shape index (κ1) is 11.9. The van der Waals surface area contributed by atoms with Crippen molar-refractivity contribution in [2.75, 3.05) is 0 Å². The average Bonchev–Trinajstić information content (AvgIpc) is 2.85. The van der Waals surface area contributed by atoms with Crippen LogP contribution in [-0.2, 0) is 6.42 Å². The van der Waals surface area contributed by atoms with Crippen molar-refractivity contribution < 1.29 is 5.11 Å². The summed E-state index contributed by atoms with van der Waals surface area (Å²) in [6, 6.07) is 8.10. The molecule has 0 amide bonds. The lowest BCUT2D eigenvalue weighted by Gasteiger charge is -2.11. The third kappa shape index (κ3) is 2.22. The molecule has 1 unspecified atom stereocenters. The highest BCUT2D eigenvalue weighted by atomic mass is 16.3. The van der Waals surface area contributed by atoms with Gasteiger partial charge in [0, 0.05) is 24.4 Å². The first-order valence-electron chi connectivity index (χ1n) is 6.25. The molecule has 3 rings (SSSR count). The predicted molar refractivity (Wildman–Crippen MR) is 72.8 cm³/mol. The summed E-state index contributed by atoms with van der Waals surface area (Å²) in [5.41, 5.74) is 4.01. The monoisotopic (exact) mass is 253 g/mol. The Morgan fingerprint density at radius 2 is 2.11 bits per heavy atom. The van der Waals surface area contributed by atoms with Gasteiger partial charge in [-0.05, 0) is 18.1 Å². The van der Waals surface area contributed by atoms with Gasteiger partial charge in [-0.3, -0.25) is 4.98 Å². The Bertz CT molecular complexity index is 705. The molecule has 0 spiro atoms. The minimum Gasteiger partial charge on any atom is -0.388 e. The maximum Gasteiger partial charge on any atom is 0.0903 e. The molecular weight excluding hydrogens is 238 g/mol. The first-order valence-corrected chi connectivity index (χ1v) is 6.25. The van der Waals surface area contributed by atoms with Crippen LogP contribution in [0.2, 0.25) is 0 Å². The summed E-state index contributed by atoms with van der Waals surface area (Å²) >= 11 is 0. The highest BCUT2D eigenvalue weighted by Crippen LogP contribution is 2.23. The van der Waals surface area contributed by atoms with Crippen molar-refractivity contribution in [1.29, 1.82) is 0 Å². The quantitative estimate of drug-likeness (QED) is 0.779. The number of hydrogen-bond donors (Lipinski definition) is 1. The Morgan fingerprint density at radius 3 is 2.95 bits per heavy atom. The zero-order chi connectivity index (χ0) is 13.2. The predicted octanol–water partition coefficient (Wildman–Crippen LogP) is 2.31. The molecule has 0 aliphatic carbocycles. The van der Waals surface area contributed by atoms with Gasteiger partial charge in [-0.15, -0.1) is 0 Å². The fourth-order valence-electron chi connectivity index (χ4n) is 2.27. The number of rotatable bonds is 3. The van der Waals surface area contributed by atoms with Crippen molar-refractivity contribution in [3.8, 4) is 0 Å². The van der Waals surface area contributed by atoms with E-state index >= 15 is 0 Å². The first-order chi connectivity index (χ1) is 9.25. The standard InChI is InChI=1S/C15H15N3O/c1-11-4-2-3-5-12(11)8-15(19)13-9-17-18-7-6-16-10-14(13)18/h2-7,9-10,15,19H,8H2,1H3. The number of aryl methyl sites for hydroxylation is 1. The molecule has 0 fully saturated rings. The van der Waals surface area contributed by atoms with Gasteiger partial charge in [-0.1, -0.05) is 24.3 Å². The number of aliphatic hydroxyl groups is 1. The number of fused-ring (bicyclic) bond motifs is 1. The number of aromatic nitrogens is 3. The van der Waals surface area contributed by atoms with Gasteiger partial charge >= 0.3 is 0 Å². The van der Waals surface area contributed by atoms with Gasteiger partial charge < -0.3 is 5.11 Å². The molecule has 0 saturated carbocycles. The Labute approximate surface area is 111 Å². The lowest BCUT2D eigenvalue weighted by molar-refractivity contribution is 0.179. The molecule has 0 bridgehead atoms. The van der Waals surface area contributed by atoms with E-state index < -0.39 is 6.10 Å². The smallest absolute Gasteiger partial charge is 0.0903 e. The molecular formula is C15H15N3O. The Morgan fingerprint density at radius 1 is 1.26 bits per heavy atom. The van der Waals surface area contributed by atoms with Gasteiger partial charge in [0.15, 0.2) is 0 Å². The van der Waals surface area contributed by atoms with E-state index in [1.807, 2.05) is 18.2 Å². The lowest BCUT2D eigenvalue weighted by Crippen LogP contribution is -2.03. The van der Waals surface area contributed by atoms with Crippen LogP contribution in [0.15, 0.2) is 49.1 Å². The highest BCUT2D eigenvalue weighted by Gasteiger charge is 2.15. The van der Waals surface area contributed by atoms with E-state index in [0.29, 0.717) is 6.42 Å². The van der Waals surface area contributed by atoms with Gasteiger partial charge in [0.25, 0.3) is 0 Å². The molecule has 2 heterocycles. The Balaban J connectivity index is 1.92. The van der Waals surface area contributed by atoms with Crippen molar-refractivity contribution in [2.24, 2.45) is 0 Å². The van der Waals surface area contributed by atoms with Crippen molar-refractivity contribution in [1.82, 2.24) is 14.6 Å². The van der Waals surface area contributed by atoms with E-state index in [9.17, 15) is 5.11 Å². The van der Waals surface area contributed by atoms with Gasteiger partial charge in [-0.2, -0.15) is 5.10 Å². The molecule has 1 aromatic carbocycles. The van der Waals surface area contributed by atoms with E-state index in [1.54, 1.807) is 29.3 Å². The van der Waals surface area contributed by atoms with Crippen LogP contribution in [0.3, 0.4) is 0 Å². The van der Waals surface area contributed by atoms with Gasteiger partial charge in [0.1, 0.15) is 0 Å². The zero-order valence-corrected chi connectivity index (χ0v) is 10.7. The van der Waals surface area contributed by atoms with Crippen LogP contribution in [0.1, 0.15) is 22.8 Å². The van der Waals surface area contributed by atoms with E-state index in [-0.39, 0.29) is 0 Å². The summed E-state index contributed by atoms with van der Waals surface area (Å²) in [7, 11) is 0. The van der Waals surface area contributed by atoms with Crippen LogP contribution >= 0.6 is 0 Å². The maximum atomic E-state index is 10.4. The van der Waals surface area contributed by atoms with E-state index in [1.165, 1.54) is 5.56 Å². The second kappa shape index (κ2) is 4.82. The molecule has 0 saturated heterocycles. The molecule has 3 aromatic rings. The fourth-order valence-corrected chi connectivity index (χ4v) is 2.27. The SMILES string of the molecule is Cc1ccccc1CC(O)c1cnn2ccncc12. The normalized spacial score (nSPS) is 12.7. The third-order valence-corrected chi connectivity index (χ3v) is 3.39. The largest absolute Gasteiger partial charge is 0.388 e. The highest BCUT2D eigenvalue weighted by molar-refractivity contribution is 5.53. The van der Waals surface area contributed by atoms with Gasteiger partial charge in [0.05, 0.1) is 24.0 Å². The number of nitrogens with zero attached hydrogens (tertiary/aromatic N) is 3. The zero-order valence-electron chi connectivity index (χ0n) is 10.7. The molecule has 19 heavy (non-hydrogen) atoms. The second-order valence-corrected chi connectivity index (χ2v) is 4.65. The Kier molecular flexibility index (Phi) is 3.01. The second-order valence-electron chi connectivity index (χ2n) is 4.65. The fraction of sp³-hybridized carbons (Fsp3) is 0.200. The minimum atomic E-state index is -0.567. The van der Waals surface area contributed by atoms with E-state index in [0.717, 1.165) is 16.6 Å².